The molecule has 0 aliphatic carbocycles. The lowest BCUT2D eigenvalue weighted by Crippen LogP contribution is -2.22. The van der Waals surface area contributed by atoms with E-state index in [0.717, 1.165) is 47.3 Å². The van der Waals surface area contributed by atoms with Gasteiger partial charge < -0.3 is 20.1 Å². The Hall–Kier alpha value is -3.05. The molecule has 5 heteroatoms. The van der Waals surface area contributed by atoms with Crippen molar-refractivity contribution in [3.8, 4) is 5.75 Å². The average molecular weight is 376 g/mol. The number of fused-ring (bicyclic) bond motifs is 1. The highest BCUT2D eigenvalue weighted by atomic mass is 16.5. The number of benzene rings is 3. The molecule has 3 aromatic rings. The molecule has 3 aromatic carbocycles. The summed E-state index contributed by atoms with van der Waals surface area (Å²) >= 11 is 0. The zero-order chi connectivity index (χ0) is 19.2. The Morgan fingerprint density at radius 1 is 1.00 bits per heavy atom. The van der Waals surface area contributed by atoms with Gasteiger partial charge in [-0.05, 0) is 36.4 Å². The van der Waals surface area contributed by atoms with Crippen LogP contribution in [0.3, 0.4) is 0 Å². The summed E-state index contributed by atoms with van der Waals surface area (Å²) in [6.45, 7) is 1.49. The lowest BCUT2D eigenvalue weighted by Gasteiger charge is -2.16. The van der Waals surface area contributed by atoms with Gasteiger partial charge in [-0.3, -0.25) is 4.79 Å². The highest BCUT2D eigenvalue weighted by Crippen LogP contribution is 2.26. The summed E-state index contributed by atoms with van der Waals surface area (Å²) in [6.07, 6.45) is 2.27. The van der Waals surface area contributed by atoms with Crippen LogP contribution >= 0.6 is 0 Å². The summed E-state index contributed by atoms with van der Waals surface area (Å²) < 4.78 is 11.5. The summed E-state index contributed by atoms with van der Waals surface area (Å²) in [4.78, 5) is 12.5. The first kappa shape index (κ1) is 18.3. The number of para-hydroxylation sites is 2. The van der Waals surface area contributed by atoms with Gasteiger partial charge >= 0.3 is 0 Å². The van der Waals surface area contributed by atoms with Crippen molar-refractivity contribution >= 4 is 28.1 Å². The van der Waals surface area contributed by atoms with Crippen LogP contribution in [0.1, 0.15) is 12.8 Å². The molecule has 0 saturated carbocycles. The van der Waals surface area contributed by atoms with Gasteiger partial charge in [-0.1, -0.05) is 48.5 Å². The maximum atomic E-state index is 12.5. The Kier molecular flexibility index (Phi) is 5.73. The number of rotatable bonds is 7. The van der Waals surface area contributed by atoms with Gasteiger partial charge in [0.2, 0.25) is 5.91 Å². The van der Waals surface area contributed by atoms with E-state index in [-0.39, 0.29) is 18.6 Å². The van der Waals surface area contributed by atoms with Gasteiger partial charge in [0.25, 0.3) is 0 Å². The zero-order valence-corrected chi connectivity index (χ0v) is 15.7. The Morgan fingerprint density at radius 3 is 2.68 bits per heavy atom. The van der Waals surface area contributed by atoms with Crippen molar-refractivity contribution in [1.29, 1.82) is 0 Å². The van der Waals surface area contributed by atoms with Gasteiger partial charge in [-0.25, -0.2) is 0 Å². The van der Waals surface area contributed by atoms with Crippen molar-refractivity contribution in [2.24, 2.45) is 0 Å². The molecular formula is C23H24N2O3. The van der Waals surface area contributed by atoms with Crippen LogP contribution in [0, 0.1) is 0 Å². The number of hydrogen-bond acceptors (Lipinski definition) is 4. The second-order valence-corrected chi connectivity index (χ2v) is 6.87. The quantitative estimate of drug-likeness (QED) is 0.640. The standard InChI is InChI=1S/C23H24N2O3/c26-23(25-20-12-5-8-17-7-1-2-10-19(17)20)15-24-21-11-3-4-13-22(21)28-16-18-9-6-14-27-18/h1-5,7-8,10-13,18,24H,6,9,14-16H2,(H,25,26). The molecule has 0 bridgehead atoms. The van der Waals surface area contributed by atoms with Crippen LogP contribution in [0.25, 0.3) is 10.8 Å². The molecule has 0 radical (unpaired) electrons. The highest BCUT2D eigenvalue weighted by molar-refractivity contribution is 6.03. The number of ether oxygens (including phenoxy) is 2. The van der Waals surface area contributed by atoms with Crippen LogP contribution in [0.2, 0.25) is 0 Å². The largest absolute Gasteiger partial charge is 0.489 e. The lowest BCUT2D eigenvalue weighted by molar-refractivity contribution is -0.114. The van der Waals surface area contributed by atoms with Crippen LogP contribution in [0.5, 0.6) is 5.75 Å². The number of carbonyl (C=O) groups is 1. The van der Waals surface area contributed by atoms with Crippen molar-refractivity contribution in [3.63, 3.8) is 0 Å². The van der Waals surface area contributed by atoms with Crippen molar-refractivity contribution in [3.05, 3.63) is 66.7 Å². The minimum atomic E-state index is -0.106. The molecule has 0 aromatic heterocycles. The SMILES string of the molecule is O=C(CNc1ccccc1OCC1CCCO1)Nc1cccc2ccccc12. The Morgan fingerprint density at radius 2 is 1.79 bits per heavy atom. The van der Waals surface area contributed by atoms with Crippen LogP contribution in [0.15, 0.2) is 66.7 Å². The molecule has 1 aliphatic heterocycles. The fraction of sp³-hybridized carbons (Fsp3) is 0.261. The van der Waals surface area contributed by atoms with Gasteiger partial charge in [-0.15, -0.1) is 0 Å². The Balaban J connectivity index is 1.37. The molecule has 1 aliphatic rings. The first-order valence-corrected chi connectivity index (χ1v) is 9.64. The van der Waals surface area contributed by atoms with Crippen LogP contribution in [-0.4, -0.2) is 31.8 Å². The molecular weight excluding hydrogens is 352 g/mol. The predicted octanol–water partition coefficient (Wildman–Crippen LogP) is 4.45. The number of carbonyl (C=O) groups excluding carboxylic acids is 1. The predicted molar refractivity (Wildman–Crippen MR) is 112 cm³/mol. The first-order chi connectivity index (χ1) is 13.8. The third-order valence-corrected chi connectivity index (χ3v) is 4.84. The maximum Gasteiger partial charge on any atom is 0.243 e. The van der Waals surface area contributed by atoms with Gasteiger partial charge in [0, 0.05) is 17.7 Å². The minimum absolute atomic E-state index is 0.106. The van der Waals surface area contributed by atoms with E-state index in [1.165, 1.54) is 0 Å². The molecule has 5 nitrogen and oxygen atoms in total. The topological polar surface area (TPSA) is 59.6 Å². The van der Waals surface area contributed by atoms with Gasteiger partial charge in [0.1, 0.15) is 12.4 Å². The van der Waals surface area contributed by atoms with Crippen molar-refractivity contribution < 1.29 is 14.3 Å². The average Bonchev–Trinajstić information content (AvgIpc) is 3.25. The Bertz CT molecular complexity index is 946. The molecule has 1 amide bonds. The van der Waals surface area contributed by atoms with Gasteiger partial charge in [0.15, 0.2) is 0 Å². The van der Waals surface area contributed by atoms with Crippen LogP contribution in [0.4, 0.5) is 11.4 Å². The third-order valence-electron chi connectivity index (χ3n) is 4.84. The highest BCUT2D eigenvalue weighted by Gasteiger charge is 2.17. The Labute approximate surface area is 164 Å². The van der Waals surface area contributed by atoms with Crippen LogP contribution < -0.4 is 15.4 Å². The summed E-state index contributed by atoms with van der Waals surface area (Å²) in [5.41, 5.74) is 1.61. The van der Waals surface area contributed by atoms with E-state index in [2.05, 4.69) is 10.6 Å². The van der Waals surface area contributed by atoms with Crippen molar-refractivity contribution in [2.75, 3.05) is 30.4 Å². The molecule has 144 valence electrons. The number of anilines is 2. The zero-order valence-electron chi connectivity index (χ0n) is 15.7. The maximum absolute atomic E-state index is 12.5. The second-order valence-electron chi connectivity index (χ2n) is 6.87. The van der Waals surface area contributed by atoms with E-state index in [0.29, 0.717) is 6.61 Å². The smallest absolute Gasteiger partial charge is 0.243 e. The van der Waals surface area contributed by atoms with Crippen molar-refractivity contribution in [1.82, 2.24) is 0 Å². The molecule has 4 rings (SSSR count). The summed E-state index contributed by atoms with van der Waals surface area (Å²) in [5, 5.41) is 8.29. The van der Waals surface area contributed by atoms with E-state index < -0.39 is 0 Å². The molecule has 28 heavy (non-hydrogen) atoms. The van der Waals surface area contributed by atoms with E-state index in [9.17, 15) is 4.79 Å². The van der Waals surface area contributed by atoms with E-state index in [1.807, 2.05) is 66.7 Å². The molecule has 1 unspecified atom stereocenters. The van der Waals surface area contributed by atoms with E-state index in [4.69, 9.17) is 9.47 Å². The normalized spacial score (nSPS) is 16.1. The van der Waals surface area contributed by atoms with E-state index >= 15 is 0 Å². The minimum Gasteiger partial charge on any atom is -0.489 e. The molecule has 1 heterocycles. The number of hydrogen-bond donors (Lipinski definition) is 2. The number of amides is 1. The second kappa shape index (κ2) is 8.76. The number of nitrogens with one attached hydrogen (secondary N) is 2. The first-order valence-electron chi connectivity index (χ1n) is 9.64. The summed E-state index contributed by atoms with van der Waals surface area (Å²) in [5.74, 6) is 0.626. The fourth-order valence-electron chi connectivity index (χ4n) is 3.40. The molecule has 1 saturated heterocycles. The summed E-state index contributed by atoms with van der Waals surface area (Å²) in [6, 6.07) is 21.5. The fourth-order valence-corrected chi connectivity index (χ4v) is 3.40. The van der Waals surface area contributed by atoms with E-state index in [1.54, 1.807) is 0 Å². The molecule has 1 atom stereocenters. The molecule has 0 spiro atoms. The van der Waals surface area contributed by atoms with Gasteiger partial charge in [0.05, 0.1) is 18.3 Å². The molecule has 1 fully saturated rings. The molecule has 2 N–H and O–H groups in total. The monoisotopic (exact) mass is 376 g/mol. The van der Waals surface area contributed by atoms with Gasteiger partial charge in [-0.2, -0.15) is 0 Å². The van der Waals surface area contributed by atoms with Crippen molar-refractivity contribution in [2.45, 2.75) is 18.9 Å². The lowest BCUT2D eigenvalue weighted by atomic mass is 10.1. The third kappa shape index (κ3) is 4.43. The summed E-state index contributed by atoms with van der Waals surface area (Å²) in [7, 11) is 0. The van der Waals surface area contributed by atoms with Crippen LogP contribution in [-0.2, 0) is 9.53 Å².